The van der Waals surface area contributed by atoms with Gasteiger partial charge in [0.25, 0.3) is 6.43 Å². The molecule has 3 rings (SSSR count). The Labute approximate surface area is 130 Å². The maximum atomic E-state index is 12.9. The molecule has 0 N–H and O–H groups in total. The van der Waals surface area contributed by atoms with Gasteiger partial charge in [0.15, 0.2) is 5.82 Å². The zero-order valence-corrected chi connectivity index (χ0v) is 12.3. The molecule has 112 valence electrons. The summed E-state index contributed by atoms with van der Waals surface area (Å²) in [5, 5.41) is 0.935. The smallest absolute Gasteiger partial charge is 0.297 e. The van der Waals surface area contributed by atoms with E-state index in [1.165, 1.54) is 0 Å². The van der Waals surface area contributed by atoms with Gasteiger partial charge in [-0.15, -0.1) is 0 Å². The molecule has 2 aromatic carbocycles. The van der Waals surface area contributed by atoms with Crippen molar-refractivity contribution in [3.8, 4) is 11.6 Å². The van der Waals surface area contributed by atoms with Crippen LogP contribution in [0.3, 0.4) is 0 Å². The van der Waals surface area contributed by atoms with Crippen molar-refractivity contribution in [1.29, 1.82) is 0 Å². The molecule has 0 aliphatic carbocycles. The van der Waals surface area contributed by atoms with E-state index >= 15 is 0 Å². The molecule has 0 saturated heterocycles. The number of hydrogen-bond acceptors (Lipinski definition) is 3. The summed E-state index contributed by atoms with van der Waals surface area (Å²) < 4.78 is 31.5. The fourth-order valence-electron chi connectivity index (χ4n) is 2.03. The van der Waals surface area contributed by atoms with E-state index in [0.717, 1.165) is 5.56 Å². The Morgan fingerprint density at radius 3 is 2.59 bits per heavy atom. The second kappa shape index (κ2) is 5.85. The second-order valence-electron chi connectivity index (χ2n) is 4.74. The molecule has 1 aromatic heterocycles. The van der Waals surface area contributed by atoms with Crippen LogP contribution in [0.4, 0.5) is 8.78 Å². The Hall–Kier alpha value is -2.27. The first-order chi connectivity index (χ1) is 10.5. The highest BCUT2D eigenvalue weighted by atomic mass is 35.5. The summed E-state index contributed by atoms with van der Waals surface area (Å²) in [5.41, 5.74) is 1.36. The minimum Gasteiger partial charge on any atom is -0.437 e. The van der Waals surface area contributed by atoms with Crippen LogP contribution in [0.25, 0.3) is 10.9 Å². The number of aromatic nitrogens is 2. The molecule has 0 unspecified atom stereocenters. The molecular weight excluding hydrogens is 310 g/mol. The highest BCUT2D eigenvalue weighted by Crippen LogP contribution is 2.33. The van der Waals surface area contributed by atoms with Crippen molar-refractivity contribution >= 4 is 22.5 Å². The topological polar surface area (TPSA) is 35.0 Å². The van der Waals surface area contributed by atoms with E-state index in [9.17, 15) is 8.78 Å². The average Bonchev–Trinajstić information content (AvgIpc) is 2.49. The largest absolute Gasteiger partial charge is 0.437 e. The van der Waals surface area contributed by atoms with Gasteiger partial charge in [-0.05, 0) is 36.8 Å². The number of alkyl halides is 2. The van der Waals surface area contributed by atoms with Crippen molar-refractivity contribution in [2.24, 2.45) is 0 Å². The van der Waals surface area contributed by atoms with Crippen LogP contribution in [0.15, 0.2) is 42.5 Å². The SMILES string of the molecule is Cc1ccc(Oc2nc(C(F)F)nc3ccccc23)c(Cl)c1. The molecule has 0 amide bonds. The van der Waals surface area contributed by atoms with Gasteiger partial charge < -0.3 is 4.74 Å². The van der Waals surface area contributed by atoms with Crippen molar-refractivity contribution in [2.45, 2.75) is 13.3 Å². The number of ether oxygens (including phenoxy) is 1. The first-order valence-corrected chi connectivity index (χ1v) is 6.91. The molecule has 6 heteroatoms. The van der Waals surface area contributed by atoms with Gasteiger partial charge in [-0.25, -0.2) is 13.8 Å². The van der Waals surface area contributed by atoms with Crippen LogP contribution in [0.5, 0.6) is 11.6 Å². The fourth-order valence-corrected chi connectivity index (χ4v) is 2.31. The Morgan fingerprint density at radius 2 is 1.86 bits per heavy atom. The standard InChI is InChI=1S/C16H11ClF2N2O/c1-9-6-7-13(11(17)8-9)22-16-10-4-2-3-5-12(10)20-15(21-16)14(18)19/h2-8,14H,1H3. The van der Waals surface area contributed by atoms with E-state index in [2.05, 4.69) is 9.97 Å². The van der Waals surface area contributed by atoms with Gasteiger partial charge >= 0.3 is 0 Å². The van der Waals surface area contributed by atoms with E-state index < -0.39 is 12.2 Å². The van der Waals surface area contributed by atoms with Crippen LogP contribution in [0, 0.1) is 6.92 Å². The highest BCUT2D eigenvalue weighted by Gasteiger charge is 2.17. The molecule has 0 fully saturated rings. The van der Waals surface area contributed by atoms with Gasteiger partial charge in [0.1, 0.15) is 5.75 Å². The number of hydrogen-bond donors (Lipinski definition) is 0. The summed E-state index contributed by atoms with van der Waals surface area (Å²) in [4.78, 5) is 7.66. The van der Waals surface area contributed by atoms with E-state index in [4.69, 9.17) is 16.3 Å². The number of benzene rings is 2. The van der Waals surface area contributed by atoms with Crippen molar-refractivity contribution in [2.75, 3.05) is 0 Å². The molecule has 1 heterocycles. The molecule has 3 nitrogen and oxygen atoms in total. The Kier molecular flexibility index (Phi) is 3.90. The maximum Gasteiger partial charge on any atom is 0.297 e. The summed E-state index contributed by atoms with van der Waals surface area (Å²) in [6.45, 7) is 1.89. The third-order valence-electron chi connectivity index (χ3n) is 3.07. The number of halogens is 3. The molecule has 3 aromatic rings. The normalized spacial score (nSPS) is 11.1. The van der Waals surface area contributed by atoms with E-state index in [0.29, 0.717) is 21.7 Å². The third kappa shape index (κ3) is 2.85. The Balaban J connectivity index is 2.12. The van der Waals surface area contributed by atoms with Crippen molar-refractivity contribution < 1.29 is 13.5 Å². The zero-order valence-electron chi connectivity index (χ0n) is 11.6. The molecule has 0 spiro atoms. The van der Waals surface area contributed by atoms with Gasteiger partial charge in [-0.3, -0.25) is 0 Å². The Morgan fingerprint density at radius 1 is 1.09 bits per heavy atom. The number of nitrogens with zero attached hydrogens (tertiary/aromatic N) is 2. The fraction of sp³-hybridized carbons (Fsp3) is 0.125. The predicted octanol–water partition coefficient (Wildman–Crippen LogP) is 5.32. The van der Waals surface area contributed by atoms with Crippen molar-refractivity contribution in [1.82, 2.24) is 9.97 Å². The van der Waals surface area contributed by atoms with Gasteiger partial charge in [0.05, 0.1) is 15.9 Å². The van der Waals surface area contributed by atoms with Crippen molar-refractivity contribution in [3.63, 3.8) is 0 Å². The minimum atomic E-state index is -2.78. The number of fused-ring (bicyclic) bond motifs is 1. The number of para-hydroxylation sites is 1. The van der Waals surface area contributed by atoms with Crippen LogP contribution >= 0.6 is 11.6 Å². The summed E-state index contributed by atoms with van der Waals surface area (Å²) in [6, 6.07) is 12.0. The monoisotopic (exact) mass is 320 g/mol. The first kappa shape index (κ1) is 14.7. The lowest BCUT2D eigenvalue weighted by Crippen LogP contribution is -1.99. The van der Waals surface area contributed by atoms with Gasteiger partial charge in [0.2, 0.25) is 5.88 Å². The molecule has 0 aliphatic rings. The predicted molar refractivity (Wildman–Crippen MR) is 80.8 cm³/mol. The van der Waals surface area contributed by atoms with Crippen LogP contribution in [-0.4, -0.2) is 9.97 Å². The highest BCUT2D eigenvalue weighted by molar-refractivity contribution is 6.32. The number of rotatable bonds is 3. The zero-order chi connectivity index (χ0) is 15.7. The van der Waals surface area contributed by atoms with Crippen LogP contribution in [0.2, 0.25) is 5.02 Å². The maximum absolute atomic E-state index is 12.9. The molecule has 0 aliphatic heterocycles. The van der Waals surface area contributed by atoms with E-state index in [-0.39, 0.29) is 5.88 Å². The van der Waals surface area contributed by atoms with Crippen LogP contribution in [0.1, 0.15) is 17.8 Å². The molecule has 0 atom stereocenters. The lowest BCUT2D eigenvalue weighted by atomic mass is 10.2. The van der Waals surface area contributed by atoms with E-state index in [1.807, 2.05) is 13.0 Å². The van der Waals surface area contributed by atoms with Gasteiger partial charge in [-0.2, -0.15) is 4.98 Å². The third-order valence-corrected chi connectivity index (χ3v) is 3.37. The minimum absolute atomic E-state index is 0.0617. The molecule has 0 saturated carbocycles. The summed E-state index contributed by atoms with van der Waals surface area (Å²) in [5.74, 6) is -0.153. The van der Waals surface area contributed by atoms with Gasteiger partial charge in [0, 0.05) is 0 Å². The lowest BCUT2D eigenvalue weighted by Gasteiger charge is -2.11. The average molecular weight is 321 g/mol. The Bertz CT molecular complexity index is 839. The van der Waals surface area contributed by atoms with Crippen molar-refractivity contribution in [3.05, 3.63) is 58.9 Å². The lowest BCUT2D eigenvalue weighted by molar-refractivity contribution is 0.140. The van der Waals surface area contributed by atoms with Gasteiger partial charge in [-0.1, -0.05) is 29.8 Å². The number of aryl methyl sites for hydroxylation is 1. The quantitative estimate of drug-likeness (QED) is 0.655. The molecule has 0 radical (unpaired) electrons. The molecular formula is C16H11ClF2N2O. The summed E-state index contributed by atoms with van der Waals surface area (Å²) >= 11 is 6.12. The molecule has 0 bridgehead atoms. The van der Waals surface area contributed by atoms with Crippen LogP contribution < -0.4 is 4.74 Å². The summed E-state index contributed by atoms with van der Waals surface area (Å²) in [6.07, 6.45) is -2.78. The summed E-state index contributed by atoms with van der Waals surface area (Å²) in [7, 11) is 0. The molecule has 22 heavy (non-hydrogen) atoms. The first-order valence-electron chi connectivity index (χ1n) is 6.53. The van der Waals surface area contributed by atoms with E-state index in [1.54, 1.807) is 36.4 Å². The second-order valence-corrected chi connectivity index (χ2v) is 5.15. The van der Waals surface area contributed by atoms with Crippen LogP contribution in [-0.2, 0) is 0 Å².